The fourth-order valence-corrected chi connectivity index (χ4v) is 2.47. The number of benzene rings is 2. The lowest BCUT2D eigenvalue weighted by Crippen LogP contribution is -2.29. The van der Waals surface area contributed by atoms with Gasteiger partial charge in [0.15, 0.2) is 0 Å². The van der Waals surface area contributed by atoms with E-state index in [0.717, 1.165) is 10.6 Å². The second-order valence-electron chi connectivity index (χ2n) is 5.28. The van der Waals surface area contributed by atoms with E-state index in [1.807, 2.05) is 0 Å². The minimum absolute atomic E-state index is 0.113. The first-order chi connectivity index (χ1) is 11.4. The lowest BCUT2D eigenvalue weighted by atomic mass is 10.1. The number of hydrogen-bond acceptors (Lipinski definition) is 3. The molecule has 3 aromatic rings. The molecular formula is C17H12F2N2O3. The minimum atomic E-state index is -1.22. The zero-order valence-electron chi connectivity index (χ0n) is 12.4. The summed E-state index contributed by atoms with van der Waals surface area (Å²) >= 11 is 0. The van der Waals surface area contributed by atoms with Crippen LogP contribution in [0.2, 0.25) is 0 Å². The number of hydrogen-bond donors (Lipinski definition) is 1. The molecule has 0 fully saturated rings. The van der Waals surface area contributed by atoms with Crippen LogP contribution >= 0.6 is 0 Å². The fourth-order valence-electron chi connectivity index (χ4n) is 2.47. The summed E-state index contributed by atoms with van der Waals surface area (Å²) in [6, 6.07) is 9.22. The van der Waals surface area contributed by atoms with Crippen LogP contribution in [0.4, 0.5) is 8.78 Å². The predicted octanol–water partition coefficient (Wildman–Crippen LogP) is 2.35. The highest BCUT2D eigenvalue weighted by Crippen LogP contribution is 2.14. The number of aromatic nitrogens is 2. The van der Waals surface area contributed by atoms with Gasteiger partial charge in [0, 0.05) is 6.42 Å². The first-order valence-corrected chi connectivity index (χ1v) is 7.09. The highest BCUT2D eigenvalue weighted by atomic mass is 19.1. The standard InChI is InChI=1S/C17H12F2N2O3/c18-11-3-1-10(2-4-11)7-14-17(24)21(9-16(22)23)15-8-12(19)5-6-13(15)20-14/h1-6,8H,7,9H2,(H,22,23). The van der Waals surface area contributed by atoms with Gasteiger partial charge in [0.25, 0.3) is 5.56 Å². The molecule has 5 nitrogen and oxygen atoms in total. The van der Waals surface area contributed by atoms with Gasteiger partial charge < -0.3 is 5.11 Å². The molecule has 0 saturated carbocycles. The summed E-state index contributed by atoms with van der Waals surface area (Å²) in [5.41, 5.74) is 0.589. The average molecular weight is 330 g/mol. The number of rotatable bonds is 4. The van der Waals surface area contributed by atoms with E-state index >= 15 is 0 Å². The fraction of sp³-hybridized carbons (Fsp3) is 0.118. The van der Waals surface area contributed by atoms with Crippen molar-refractivity contribution in [3.8, 4) is 0 Å². The summed E-state index contributed by atoms with van der Waals surface area (Å²) in [5, 5.41) is 9.02. The Morgan fingerprint density at radius 2 is 1.75 bits per heavy atom. The van der Waals surface area contributed by atoms with Gasteiger partial charge in [-0.2, -0.15) is 0 Å². The van der Waals surface area contributed by atoms with Crippen LogP contribution in [-0.4, -0.2) is 20.6 Å². The van der Waals surface area contributed by atoms with Gasteiger partial charge >= 0.3 is 5.97 Å². The molecule has 122 valence electrons. The SMILES string of the molecule is O=C(O)Cn1c(=O)c(Cc2ccc(F)cc2)nc2ccc(F)cc21. The van der Waals surface area contributed by atoms with E-state index in [-0.39, 0.29) is 17.6 Å². The Kier molecular flexibility index (Phi) is 4.07. The average Bonchev–Trinajstić information content (AvgIpc) is 2.54. The molecule has 0 bridgehead atoms. The van der Waals surface area contributed by atoms with Crippen molar-refractivity contribution in [3.05, 3.63) is 75.7 Å². The Bertz CT molecular complexity index is 982. The first kappa shape index (κ1) is 15.8. The van der Waals surface area contributed by atoms with E-state index in [4.69, 9.17) is 5.11 Å². The molecule has 1 heterocycles. The molecule has 1 aromatic heterocycles. The molecule has 1 N–H and O–H groups in total. The molecule has 3 rings (SSSR count). The van der Waals surface area contributed by atoms with Crippen molar-refractivity contribution >= 4 is 17.0 Å². The number of carboxylic acid groups (broad SMARTS) is 1. The summed E-state index contributed by atoms with van der Waals surface area (Å²) in [6.45, 7) is -0.599. The number of aliphatic carboxylic acids is 1. The second kappa shape index (κ2) is 6.19. The summed E-state index contributed by atoms with van der Waals surface area (Å²) in [6.07, 6.45) is 0.117. The third kappa shape index (κ3) is 3.15. The summed E-state index contributed by atoms with van der Waals surface area (Å²) in [5.74, 6) is -2.21. The Morgan fingerprint density at radius 1 is 1.08 bits per heavy atom. The van der Waals surface area contributed by atoms with E-state index in [1.165, 1.54) is 36.4 Å². The molecule has 24 heavy (non-hydrogen) atoms. The summed E-state index contributed by atoms with van der Waals surface area (Å²) < 4.78 is 27.4. The van der Waals surface area contributed by atoms with Crippen molar-refractivity contribution in [2.24, 2.45) is 0 Å². The van der Waals surface area contributed by atoms with E-state index < -0.39 is 29.7 Å². The molecule has 2 aromatic carbocycles. The lowest BCUT2D eigenvalue weighted by Gasteiger charge is -2.10. The van der Waals surface area contributed by atoms with Gasteiger partial charge in [0.05, 0.1) is 11.0 Å². The molecule has 0 aliphatic heterocycles. The van der Waals surface area contributed by atoms with Crippen molar-refractivity contribution in [1.29, 1.82) is 0 Å². The van der Waals surface area contributed by atoms with E-state index in [0.29, 0.717) is 11.1 Å². The van der Waals surface area contributed by atoms with Gasteiger partial charge in [-0.05, 0) is 35.9 Å². The van der Waals surface area contributed by atoms with Gasteiger partial charge in [0.2, 0.25) is 0 Å². The van der Waals surface area contributed by atoms with Gasteiger partial charge in [-0.25, -0.2) is 13.8 Å². The Hall–Kier alpha value is -3.09. The molecule has 0 unspecified atom stereocenters. The topological polar surface area (TPSA) is 72.2 Å². The Balaban J connectivity index is 2.16. The van der Waals surface area contributed by atoms with Crippen LogP contribution < -0.4 is 5.56 Å². The summed E-state index contributed by atoms with van der Waals surface area (Å²) in [4.78, 5) is 27.8. The Labute approximate surface area is 134 Å². The maximum Gasteiger partial charge on any atom is 0.323 e. The molecule has 0 amide bonds. The zero-order chi connectivity index (χ0) is 17.3. The van der Waals surface area contributed by atoms with Crippen LogP contribution in [0.5, 0.6) is 0 Å². The molecule has 0 saturated heterocycles. The Morgan fingerprint density at radius 3 is 2.42 bits per heavy atom. The zero-order valence-corrected chi connectivity index (χ0v) is 12.4. The maximum absolute atomic E-state index is 13.4. The van der Waals surface area contributed by atoms with Crippen molar-refractivity contribution in [2.75, 3.05) is 0 Å². The van der Waals surface area contributed by atoms with E-state index in [2.05, 4.69) is 4.98 Å². The van der Waals surface area contributed by atoms with Crippen LogP contribution in [0.15, 0.2) is 47.3 Å². The lowest BCUT2D eigenvalue weighted by molar-refractivity contribution is -0.137. The van der Waals surface area contributed by atoms with Crippen molar-refractivity contribution in [1.82, 2.24) is 9.55 Å². The molecule has 0 aliphatic carbocycles. The van der Waals surface area contributed by atoms with Crippen LogP contribution in [0.1, 0.15) is 11.3 Å². The van der Waals surface area contributed by atoms with Crippen molar-refractivity contribution in [3.63, 3.8) is 0 Å². The first-order valence-electron chi connectivity index (χ1n) is 7.09. The van der Waals surface area contributed by atoms with E-state index in [1.54, 1.807) is 0 Å². The molecule has 0 spiro atoms. The molecule has 0 aliphatic rings. The van der Waals surface area contributed by atoms with Crippen LogP contribution in [0.25, 0.3) is 11.0 Å². The highest BCUT2D eigenvalue weighted by Gasteiger charge is 2.14. The second-order valence-corrected chi connectivity index (χ2v) is 5.28. The quantitative estimate of drug-likeness (QED) is 0.797. The largest absolute Gasteiger partial charge is 0.480 e. The van der Waals surface area contributed by atoms with Gasteiger partial charge in [-0.3, -0.25) is 14.2 Å². The van der Waals surface area contributed by atoms with Crippen LogP contribution in [-0.2, 0) is 17.8 Å². The van der Waals surface area contributed by atoms with Crippen LogP contribution in [0, 0.1) is 11.6 Å². The van der Waals surface area contributed by atoms with Gasteiger partial charge in [-0.1, -0.05) is 12.1 Å². The smallest absolute Gasteiger partial charge is 0.323 e. The van der Waals surface area contributed by atoms with Crippen molar-refractivity contribution in [2.45, 2.75) is 13.0 Å². The maximum atomic E-state index is 13.4. The number of carbonyl (C=O) groups is 1. The monoisotopic (exact) mass is 330 g/mol. The van der Waals surface area contributed by atoms with Gasteiger partial charge in [0.1, 0.15) is 23.9 Å². The highest BCUT2D eigenvalue weighted by molar-refractivity contribution is 5.77. The van der Waals surface area contributed by atoms with Crippen LogP contribution in [0.3, 0.4) is 0 Å². The number of carboxylic acids is 1. The number of fused-ring (bicyclic) bond motifs is 1. The number of nitrogens with zero attached hydrogens (tertiary/aromatic N) is 2. The summed E-state index contributed by atoms with van der Waals surface area (Å²) in [7, 11) is 0. The number of halogens is 2. The van der Waals surface area contributed by atoms with E-state index in [9.17, 15) is 18.4 Å². The molecule has 7 heteroatoms. The predicted molar refractivity (Wildman–Crippen MR) is 82.8 cm³/mol. The molecule has 0 radical (unpaired) electrons. The molecule has 0 atom stereocenters. The van der Waals surface area contributed by atoms with Gasteiger partial charge in [-0.15, -0.1) is 0 Å². The normalized spacial score (nSPS) is 10.9. The van der Waals surface area contributed by atoms with Crippen molar-refractivity contribution < 1.29 is 18.7 Å². The molecular weight excluding hydrogens is 318 g/mol. The third-order valence-corrected chi connectivity index (χ3v) is 3.55. The minimum Gasteiger partial charge on any atom is -0.480 e. The third-order valence-electron chi connectivity index (χ3n) is 3.55.